The van der Waals surface area contributed by atoms with E-state index in [0.29, 0.717) is 23.3 Å². The topological polar surface area (TPSA) is 98.9 Å². The summed E-state index contributed by atoms with van der Waals surface area (Å²) in [5, 5.41) is 0. The molecule has 0 saturated carbocycles. The van der Waals surface area contributed by atoms with Crippen LogP contribution in [0.4, 0.5) is 11.8 Å². The molecule has 130 valence electrons. The van der Waals surface area contributed by atoms with Crippen LogP contribution in [0.25, 0.3) is 17.2 Å². The van der Waals surface area contributed by atoms with Crippen molar-refractivity contribution in [2.75, 3.05) is 24.6 Å². The molecule has 1 saturated heterocycles. The van der Waals surface area contributed by atoms with E-state index in [-0.39, 0.29) is 0 Å². The highest BCUT2D eigenvalue weighted by Crippen LogP contribution is 2.30. The maximum absolute atomic E-state index is 6.13. The summed E-state index contributed by atoms with van der Waals surface area (Å²) in [6, 6.07) is 6.45. The number of aromatic nitrogens is 4. The molecule has 0 radical (unpaired) electrons. The monoisotopic (exact) mass is 337 g/mol. The summed E-state index contributed by atoms with van der Waals surface area (Å²) < 4.78 is 1.82. The predicted octanol–water partition coefficient (Wildman–Crippen LogP) is 2.23. The number of nitrogens with zero attached hydrogens (tertiary/aromatic N) is 5. The van der Waals surface area contributed by atoms with Crippen molar-refractivity contribution in [1.29, 1.82) is 0 Å². The van der Waals surface area contributed by atoms with Crippen LogP contribution in [0.5, 0.6) is 0 Å². The number of benzene rings is 1. The minimum atomic E-state index is 0.306. The highest BCUT2D eigenvalue weighted by molar-refractivity contribution is 5.70. The molecule has 7 nitrogen and oxygen atoms in total. The number of nitrogen functional groups attached to an aromatic ring is 2. The second-order valence-electron chi connectivity index (χ2n) is 6.69. The molecule has 0 bridgehead atoms. The van der Waals surface area contributed by atoms with Gasteiger partial charge in [0, 0.05) is 6.54 Å². The van der Waals surface area contributed by atoms with Crippen LogP contribution in [0, 0.1) is 6.92 Å². The molecular weight excluding hydrogens is 314 g/mol. The van der Waals surface area contributed by atoms with E-state index in [2.05, 4.69) is 45.0 Å². The van der Waals surface area contributed by atoms with Gasteiger partial charge in [0.05, 0.1) is 5.69 Å². The highest BCUT2D eigenvalue weighted by atomic mass is 15.2. The number of imidazole rings is 1. The Kier molecular flexibility index (Phi) is 4.01. The van der Waals surface area contributed by atoms with E-state index in [4.69, 9.17) is 11.5 Å². The molecule has 3 heterocycles. The van der Waals surface area contributed by atoms with Gasteiger partial charge >= 0.3 is 0 Å². The van der Waals surface area contributed by atoms with Gasteiger partial charge in [-0.05, 0) is 50.0 Å². The number of rotatable bonds is 3. The standard InChI is InChI=1S/C18H23N7/c1-12-9-13(10-24-7-3-2-4-8-24)5-6-14(12)25-17-15(21-11-22-17)16(19)23-18(25)20/h5-6,9,11H,2-4,7-8,10,19H2,1H3,(H2,20,23). The van der Waals surface area contributed by atoms with Crippen molar-refractivity contribution in [3.05, 3.63) is 35.7 Å². The summed E-state index contributed by atoms with van der Waals surface area (Å²) in [7, 11) is 0. The van der Waals surface area contributed by atoms with E-state index >= 15 is 0 Å². The number of piperidine rings is 1. The maximum atomic E-state index is 6.13. The van der Waals surface area contributed by atoms with Crippen molar-refractivity contribution in [2.45, 2.75) is 32.7 Å². The third-order valence-corrected chi connectivity index (χ3v) is 4.85. The predicted molar refractivity (Wildman–Crippen MR) is 98.5 cm³/mol. The molecule has 0 aliphatic carbocycles. The van der Waals surface area contributed by atoms with Crippen LogP contribution in [0.15, 0.2) is 24.5 Å². The number of fused-ring (bicyclic) bond motifs is 1. The first-order chi connectivity index (χ1) is 12.1. The van der Waals surface area contributed by atoms with Gasteiger partial charge in [0.1, 0.15) is 6.33 Å². The largest absolute Gasteiger partial charge is 0.382 e. The van der Waals surface area contributed by atoms with E-state index in [0.717, 1.165) is 17.8 Å². The molecule has 3 aliphatic heterocycles. The molecule has 0 spiro atoms. The van der Waals surface area contributed by atoms with Crippen LogP contribution in [0.3, 0.4) is 0 Å². The van der Waals surface area contributed by atoms with Crippen LogP contribution >= 0.6 is 0 Å². The Bertz CT molecular complexity index is 864. The first kappa shape index (κ1) is 15.8. The van der Waals surface area contributed by atoms with Crippen LogP contribution in [-0.2, 0) is 6.54 Å². The van der Waals surface area contributed by atoms with Gasteiger partial charge in [0.15, 0.2) is 17.3 Å². The summed E-state index contributed by atoms with van der Waals surface area (Å²) in [5.41, 5.74) is 16.0. The lowest BCUT2D eigenvalue weighted by Crippen LogP contribution is -2.29. The number of nitrogens with two attached hydrogens (primary N) is 2. The molecule has 4 N–H and O–H groups in total. The third-order valence-electron chi connectivity index (χ3n) is 4.85. The van der Waals surface area contributed by atoms with Gasteiger partial charge in [-0.3, -0.25) is 9.47 Å². The fraction of sp³-hybridized carbons (Fsp3) is 0.389. The van der Waals surface area contributed by atoms with Crippen LogP contribution in [0.2, 0.25) is 0 Å². The van der Waals surface area contributed by atoms with Crippen molar-refractivity contribution in [2.24, 2.45) is 0 Å². The molecular formula is C18H23N7. The number of aryl methyl sites for hydroxylation is 1. The second-order valence-corrected chi connectivity index (χ2v) is 6.69. The van der Waals surface area contributed by atoms with E-state index < -0.39 is 0 Å². The normalized spacial score (nSPS) is 15.7. The zero-order valence-electron chi connectivity index (χ0n) is 14.4. The fourth-order valence-electron chi connectivity index (χ4n) is 3.62. The first-order valence-electron chi connectivity index (χ1n) is 8.70. The third kappa shape index (κ3) is 2.91. The van der Waals surface area contributed by atoms with Gasteiger partial charge in [-0.15, -0.1) is 0 Å². The molecule has 4 rings (SSSR count). The van der Waals surface area contributed by atoms with Gasteiger partial charge in [0.25, 0.3) is 0 Å². The van der Waals surface area contributed by atoms with E-state index in [1.807, 2.05) is 4.57 Å². The van der Waals surface area contributed by atoms with Gasteiger partial charge in [-0.25, -0.2) is 9.97 Å². The average Bonchev–Trinajstić information content (AvgIpc) is 3.07. The van der Waals surface area contributed by atoms with Gasteiger partial charge in [-0.2, -0.15) is 4.98 Å². The van der Waals surface area contributed by atoms with Crippen LogP contribution in [0.1, 0.15) is 30.4 Å². The smallest absolute Gasteiger partial charge is 0.208 e. The number of hydrogen-bond acceptors (Lipinski definition) is 6. The molecule has 3 aliphatic rings. The van der Waals surface area contributed by atoms with Gasteiger partial charge in [0.2, 0.25) is 5.95 Å². The molecule has 1 aromatic rings. The Morgan fingerprint density at radius 3 is 2.64 bits per heavy atom. The Hall–Kier alpha value is -2.67. The molecule has 0 atom stereocenters. The SMILES string of the molecule is Cc1cc(CN2CCCCC2)ccc1-n1c(N)nc(N)c2ncnc1-2. The molecule has 25 heavy (non-hydrogen) atoms. The van der Waals surface area contributed by atoms with E-state index in [1.165, 1.54) is 44.2 Å². The number of hydrogen-bond donors (Lipinski definition) is 2. The Balaban J connectivity index is 1.69. The molecule has 0 amide bonds. The molecule has 0 unspecified atom stereocenters. The van der Waals surface area contributed by atoms with E-state index in [1.54, 1.807) is 0 Å². The minimum Gasteiger partial charge on any atom is -0.382 e. The fourth-order valence-corrected chi connectivity index (χ4v) is 3.62. The molecule has 0 aromatic heterocycles. The summed E-state index contributed by atoms with van der Waals surface area (Å²) in [6.07, 6.45) is 5.44. The second kappa shape index (κ2) is 6.33. The summed E-state index contributed by atoms with van der Waals surface area (Å²) in [5.74, 6) is 1.26. The zero-order chi connectivity index (χ0) is 17.4. The molecule has 1 aromatic carbocycles. The van der Waals surface area contributed by atoms with E-state index in [9.17, 15) is 0 Å². The van der Waals surface area contributed by atoms with Gasteiger partial charge in [-0.1, -0.05) is 18.6 Å². The summed E-state index contributed by atoms with van der Waals surface area (Å²) >= 11 is 0. The Morgan fingerprint density at radius 1 is 1.08 bits per heavy atom. The van der Waals surface area contributed by atoms with Crippen molar-refractivity contribution in [3.63, 3.8) is 0 Å². The summed E-state index contributed by atoms with van der Waals surface area (Å²) in [4.78, 5) is 15.2. The quantitative estimate of drug-likeness (QED) is 0.760. The number of likely N-dealkylation sites (tertiary alicyclic amines) is 1. The first-order valence-corrected chi connectivity index (χ1v) is 8.70. The average molecular weight is 337 g/mol. The minimum absolute atomic E-state index is 0.306. The Morgan fingerprint density at radius 2 is 1.88 bits per heavy atom. The number of anilines is 2. The maximum Gasteiger partial charge on any atom is 0.208 e. The van der Waals surface area contributed by atoms with Crippen LogP contribution in [-0.4, -0.2) is 37.5 Å². The summed E-state index contributed by atoms with van der Waals surface area (Å²) in [6.45, 7) is 5.45. The highest BCUT2D eigenvalue weighted by Gasteiger charge is 2.20. The van der Waals surface area contributed by atoms with Crippen molar-refractivity contribution in [1.82, 2.24) is 24.4 Å². The molecule has 1 fully saturated rings. The van der Waals surface area contributed by atoms with Crippen molar-refractivity contribution >= 4 is 11.8 Å². The van der Waals surface area contributed by atoms with Crippen LogP contribution < -0.4 is 11.5 Å². The lowest BCUT2D eigenvalue weighted by molar-refractivity contribution is 0.221. The van der Waals surface area contributed by atoms with Gasteiger partial charge < -0.3 is 11.5 Å². The lowest BCUT2D eigenvalue weighted by atomic mass is 10.1. The van der Waals surface area contributed by atoms with Crippen molar-refractivity contribution in [3.8, 4) is 17.2 Å². The van der Waals surface area contributed by atoms with Crippen molar-refractivity contribution < 1.29 is 0 Å². The Labute approximate surface area is 147 Å². The lowest BCUT2D eigenvalue weighted by Gasteiger charge is -2.26. The zero-order valence-corrected chi connectivity index (χ0v) is 14.4. The molecule has 7 heteroatoms.